The molecule has 4 heterocycles. The van der Waals surface area contributed by atoms with Gasteiger partial charge in [-0.3, -0.25) is 29.0 Å². The third kappa shape index (κ3) is 3.18. The number of likely N-dealkylation sites (tertiary alicyclic amines) is 2. The standard InChI is InChI=1S/C26H22N4O6/c27-23-21-15(13-5-1-3-7-17(13)35-23)11-19(31)29(25(21)33)9-10-30-20(32)12-16-14-6-2-4-8-18(14)36-24(28)22(16)26(30)34/h1-8,15-16H,9-12,27-28H2. The van der Waals surface area contributed by atoms with Crippen molar-refractivity contribution in [3.05, 3.63) is 82.6 Å². The quantitative estimate of drug-likeness (QED) is 0.616. The zero-order valence-electron chi connectivity index (χ0n) is 19.1. The van der Waals surface area contributed by atoms with Crippen LogP contribution in [0.4, 0.5) is 0 Å². The first-order chi connectivity index (χ1) is 17.3. The number of hydrogen-bond acceptors (Lipinski definition) is 8. The third-order valence-corrected chi connectivity index (χ3v) is 7.11. The summed E-state index contributed by atoms with van der Waals surface area (Å²) >= 11 is 0. The molecule has 10 nitrogen and oxygen atoms in total. The lowest BCUT2D eigenvalue weighted by molar-refractivity contribution is -0.151. The van der Waals surface area contributed by atoms with Gasteiger partial charge in [-0.1, -0.05) is 36.4 Å². The van der Waals surface area contributed by atoms with Gasteiger partial charge in [0.1, 0.15) is 11.5 Å². The molecule has 0 saturated carbocycles. The van der Waals surface area contributed by atoms with Crippen LogP contribution in [0.2, 0.25) is 0 Å². The summed E-state index contributed by atoms with van der Waals surface area (Å²) in [4.78, 5) is 54.6. The van der Waals surface area contributed by atoms with Gasteiger partial charge in [-0.2, -0.15) is 0 Å². The Morgan fingerprint density at radius 2 is 1.06 bits per heavy atom. The summed E-state index contributed by atoms with van der Waals surface area (Å²) in [5.74, 6) is -2.10. The van der Waals surface area contributed by atoms with Gasteiger partial charge in [0.2, 0.25) is 11.8 Å². The molecule has 0 aliphatic carbocycles. The minimum absolute atomic E-state index is 0.0227. The van der Waals surface area contributed by atoms with Crippen molar-refractivity contribution >= 4 is 23.6 Å². The van der Waals surface area contributed by atoms with E-state index in [9.17, 15) is 19.2 Å². The first-order valence-electron chi connectivity index (χ1n) is 11.6. The number of para-hydroxylation sites is 2. The van der Waals surface area contributed by atoms with E-state index >= 15 is 0 Å². The molecule has 0 bridgehead atoms. The molecule has 2 aromatic carbocycles. The molecular weight excluding hydrogens is 464 g/mol. The van der Waals surface area contributed by atoms with Crippen molar-refractivity contribution < 1.29 is 28.7 Å². The molecule has 4 aliphatic heterocycles. The highest BCUT2D eigenvalue weighted by molar-refractivity contribution is 6.11. The highest BCUT2D eigenvalue weighted by atomic mass is 16.5. The van der Waals surface area contributed by atoms with Gasteiger partial charge in [-0.25, -0.2) is 0 Å². The van der Waals surface area contributed by atoms with E-state index in [4.69, 9.17) is 20.9 Å². The lowest BCUT2D eigenvalue weighted by atomic mass is 9.82. The predicted molar refractivity (Wildman–Crippen MR) is 125 cm³/mol. The molecule has 0 spiro atoms. The van der Waals surface area contributed by atoms with Gasteiger partial charge in [0.05, 0.1) is 11.1 Å². The number of benzene rings is 2. The molecule has 4 amide bonds. The summed E-state index contributed by atoms with van der Waals surface area (Å²) < 4.78 is 11.3. The van der Waals surface area contributed by atoms with Crippen LogP contribution in [0.5, 0.6) is 11.5 Å². The molecule has 2 unspecified atom stereocenters. The molecule has 2 fully saturated rings. The van der Waals surface area contributed by atoms with Crippen molar-refractivity contribution in [3.63, 3.8) is 0 Å². The molecule has 2 saturated heterocycles. The zero-order chi connectivity index (χ0) is 25.1. The van der Waals surface area contributed by atoms with E-state index in [0.29, 0.717) is 11.5 Å². The highest BCUT2D eigenvalue weighted by Crippen LogP contribution is 2.44. The Kier molecular flexibility index (Phi) is 4.85. The first kappa shape index (κ1) is 21.9. The lowest BCUT2D eigenvalue weighted by Crippen LogP contribution is -2.52. The van der Waals surface area contributed by atoms with Gasteiger partial charge in [-0.15, -0.1) is 0 Å². The second kappa shape index (κ2) is 7.98. The van der Waals surface area contributed by atoms with Crippen molar-refractivity contribution in [2.24, 2.45) is 11.5 Å². The minimum Gasteiger partial charge on any atom is -0.441 e. The SMILES string of the molecule is NC1=C2C(=O)N(CCN3C(=O)CC4C(=C(N)Oc5ccccc54)C3=O)C(=O)CC2c2ccccc2O1. The van der Waals surface area contributed by atoms with Crippen LogP contribution in [0.15, 0.2) is 71.4 Å². The van der Waals surface area contributed by atoms with Gasteiger partial charge in [0.15, 0.2) is 11.8 Å². The molecule has 182 valence electrons. The summed E-state index contributed by atoms with van der Waals surface area (Å²) in [6.07, 6.45) is 0.0453. The summed E-state index contributed by atoms with van der Waals surface area (Å²) in [6, 6.07) is 14.2. The molecule has 4 N–H and O–H groups in total. The van der Waals surface area contributed by atoms with Crippen molar-refractivity contribution in [1.29, 1.82) is 0 Å². The van der Waals surface area contributed by atoms with Gasteiger partial charge in [-0.05, 0) is 12.1 Å². The monoisotopic (exact) mass is 486 g/mol. The minimum atomic E-state index is -0.591. The number of nitrogens with two attached hydrogens (primary N) is 2. The first-order valence-corrected chi connectivity index (χ1v) is 11.6. The number of ether oxygens (including phenoxy) is 2. The van der Waals surface area contributed by atoms with Crippen LogP contribution in [0, 0.1) is 0 Å². The second-order valence-corrected chi connectivity index (χ2v) is 9.05. The fourth-order valence-electron chi connectivity index (χ4n) is 5.40. The molecule has 6 rings (SSSR count). The number of hydrogen-bond donors (Lipinski definition) is 2. The Morgan fingerprint density at radius 3 is 1.47 bits per heavy atom. The molecule has 4 aliphatic rings. The topological polar surface area (TPSA) is 145 Å². The number of fused-ring (bicyclic) bond motifs is 6. The van der Waals surface area contributed by atoms with Crippen LogP contribution in [-0.4, -0.2) is 46.5 Å². The molecule has 0 aromatic heterocycles. The fraction of sp³-hybridized carbons (Fsp3) is 0.231. The van der Waals surface area contributed by atoms with Gasteiger partial charge < -0.3 is 20.9 Å². The largest absolute Gasteiger partial charge is 0.441 e. The van der Waals surface area contributed by atoms with Crippen molar-refractivity contribution in [1.82, 2.24) is 9.80 Å². The number of imide groups is 2. The van der Waals surface area contributed by atoms with E-state index in [-0.39, 0.29) is 48.8 Å². The van der Waals surface area contributed by atoms with Gasteiger partial charge in [0.25, 0.3) is 11.8 Å². The molecule has 0 radical (unpaired) electrons. The van der Waals surface area contributed by atoms with Crippen LogP contribution >= 0.6 is 0 Å². The Morgan fingerprint density at radius 1 is 0.667 bits per heavy atom. The number of nitrogens with zero attached hydrogens (tertiary/aromatic N) is 2. The zero-order valence-corrected chi connectivity index (χ0v) is 19.1. The number of carbonyl (C=O) groups is 4. The molecule has 36 heavy (non-hydrogen) atoms. The third-order valence-electron chi connectivity index (χ3n) is 7.11. The van der Waals surface area contributed by atoms with Crippen molar-refractivity contribution in [3.8, 4) is 11.5 Å². The maximum atomic E-state index is 13.3. The van der Waals surface area contributed by atoms with Crippen LogP contribution < -0.4 is 20.9 Å². The van der Waals surface area contributed by atoms with Gasteiger partial charge >= 0.3 is 0 Å². The number of rotatable bonds is 3. The van der Waals surface area contributed by atoms with E-state index in [0.717, 1.165) is 20.9 Å². The maximum absolute atomic E-state index is 13.3. The Bertz CT molecular complexity index is 1320. The van der Waals surface area contributed by atoms with Gasteiger partial charge in [0, 0.05) is 48.9 Å². The van der Waals surface area contributed by atoms with Crippen LogP contribution in [0.1, 0.15) is 35.8 Å². The van der Waals surface area contributed by atoms with Crippen molar-refractivity contribution in [2.45, 2.75) is 24.7 Å². The predicted octanol–water partition coefficient (Wildman–Crippen LogP) is 1.20. The van der Waals surface area contributed by atoms with E-state index in [1.54, 1.807) is 48.5 Å². The molecule has 2 aromatic rings. The number of amides is 4. The summed E-state index contributed by atoms with van der Waals surface area (Å²) in [6.45, 7) is -0.342. The van der Waals surface area contributed by atoms with Crippen LogP contribution in [0.25, 0.3) is 0 Å². The highest BCUT2D eigenvalue weighted by Gasteiger charge is 2.46. The van der Waals surface area contributed by atoms with Crippen molar-refractivity contribution in [2.75, 3.05) is 13.1 Å². The average molecular weight is 486 g/mol. The lowest BCUT2D eigenvalue weighted by Gasteiger charge is -2.38. The Labute approximate surface area is 205 Å². The van der Waals surface area contributed by atoms with E-state index in [1.165, 1.54) is 0 Å². The maximum Gasteiger partial charge on any atom is 0.262 e. The smallest absolute Gasteiger partial charge is 0.262 e. The Balaban J connectivity index is 1.23. The number of carbonyl (C=O) groups excluding carboxylic acids is 4. The molecule has 10 heteroatoms. The summed E-state index contributed by atoms with van der Waals surface area (Å²) in [5.41, 5.74) is 14.0. The summed E-state index contributed by atoms with van der Waals surface area (Å²) in [7, 11) is 0. The normalized spacial score (nSPS) is 23.0. The second-order valence-electron chi connectivity index (χ2n) is 9.05. The van der Waals surface area contributed by atoms with E-state index in [1.807, 2.05) is 0 Å². The fourth-order valence-corrected chi connectivity index (χ4v) is 5.40. The van der Waals surface area contributed by atoms with E-state index in [2.05, 4.69) is 0 Å². The summed E-state index contributed by atoms with van der Waals surface area (Å²) in [5, 5.41) is 0. The average Bonchev–Trinajstić information content (AvgIpc) is 2.85. The Hall–Kier alpha value is -4.60. The molecular formula is C26H22N4O6. The van der Waals surface area contributed by atoms with E-state index < -0.39 is 35.5 Å². The molecule has 2 atom stereocenters. The van der Waals surface area contributed by atoms with Crippen LogP contribution in [0.3, 0.4) is 0 Å². The van der Waals surface area contributed by atoms with Crippen LogP contribution in [-0.2, 0) is 19.2 Å². The number of piperidine rings is 2.